The molecule has 0 radical (unpaired) electrons. The third-order valence-corrected chi connectivity index (χ3v) is 3.92. The summed E-state index contributed by atoms with van der Waals surface area (Å²) in [6.45, 7) is 2.06. The molecule has 3 amide bonds. The standard InChI is InChI=1S/C6H14N2O.C5H8N2OS/c1-3-4-5-6(9)8-7-2;8-5-6-3-1-9-2-4(3)7-5/h7H,3-5H2,1-2H3,(H,8,9);3-4H,1-2H2,(H2,6,7,8). The van der Waals surface area contributed by atoms with Gasteiger partial charge in [-0.1, -0.05) is 13.3 Å². The van der Waals surface area contributed by atoms with Gasteiger partial charge in [-0.05, 0) is 6.42 Å². The second-order valence-corrected chi connectivity index (χ2v) is 5.34. The van der Waals surface area contributed by atoms with E-state index in [-0.39, 0.29) is 11.9 Å². The lowest BCUT2D eigenvalue weighted by atomic mass is 10.2. The van der Waals surface area contributed by atoms with Gasteiger partial charge in [-0.15, -0.1) is 0 Å². The summed E-state index contributed by atoms with van der Waals surface area (Å²) in [5, 5.41) is 5.69. The van der Waals surface area contributed by atoms with Crippen LogP contribution in [0.4, 0.5) is 4.79 Å². The topological polar surface area (TPSA) is 82.3 Å². The van der Waals surface area contributed by atoms with Crippen LogP contribution in [-0.4, -0.2) is 42.6 Å². The lowest BCUT2D eigenvalue weighted by molar-refractivity contribution is -0.122. The van der Waals surface area contributed by atoms with Gasteiger partial charge in [0.05, 0.1) is 12.1 Å². The maximum Gasteiger partial charge on any atom is 0.315 e. The fraction of sp³-hybridized carbons (Fsp3) is 0.818. The highest BCUT2D eigenvalue weighted by Gasteiger charge is 2.35. The number of thioether (sulfide) groups is 1. The van der Waals surface area contributed by atoms with Gasteiger partial charge in [-0.2, -0.15) is 11.8 Å². The number of rotatable bonds is 4. The average Bonchev–Trinajstić information content (AvgIpc) is 2.87. The molecule has 6 nitrogen and oxygen atoms in total. The Morgan fingerprint density at radius 3 is 2.50 bits per heavy atom. The van der Waals surface area contributed by atoms with Gasteiger partial charge in [0.2, 0.25) is 5.91 Å². The molecule has 0 aromatic rings. The van der Waals surface area contributed by atoms with E-state index in [1.165, 1.54) is 0 Å². The molecule has 2 fully saturated rings. The van der Waals surface area contributed by atoms with Gasteiger partial charge in [0.15, 0.2) is 0 Å². The van der Waals surface area contributed by atoms with E-state index in [0.717, 1.165) is 24.3 Å². The Hall–Kier alpha value is -0.950. The SMILES string of the molecule is CCCCC(=O)NNC.O=C1NC2CSCC2N1. The molecule has 2 saturated heterocycles. The van der Waals surface area contributed by atoms with Gasteiger partial charge < -0.3 is 10.6 Å². The summed E-state index contributed by atoms with van der Waals surface area (Å²) in [4.78, 5) is 21.3. The molecule has 7 heteroatoms. The van der Waals surface area contributed by atoms with Crippen molar-refractivity contribution in [3.63, 3.8) is 0 Å². The van der Waals surface area contributed by atoms with Crippen LogP contribution in [0.2, 0.25) is 0 Å². The van der Waals surface area contributed by atoms with Crippen LogP contribution in [0.5, 0.6) is 0 Å². The van der Waals surface area contributed by atoms with Gasteiger partial charge >= 0.3 is 6.03 Å². The highest BCUT2D eigenvalue weighted by molar-refractivity contribution is 7.99. The smallest absolute Gasteiger partial charge is 0.315 e. The first-order valence-corrected chi connectivity index (χ1v) is 7.43. The first kappa shape index (κ1) is 15.1. The Morgan fingerprint density at radius 2 is 2.00 bits per heavy atom. The summed E-state index contributed by atoms with van der Waals surface area (Å²) in [5.74, 6) is 2.21. The monoisotopic (exact) mass is 274 g/mol. The molecule has 18 heavy (non-hydrogen) atoms. The normalized spacial score (nSPS) is 24.4. The molecule has 2 aliphatic rings. The van der Waals surface area contributed by atoms with Gasteiger partial charge in [0.1, 0.15) is 0 Å². The van der Waals surface area contributed by atoms with E-state index in [1.807, 2.05) is 11.8 Å². The number of hydrogen-bond donors (Lipinski definition) is 4. The molecule has 0 spiro atoms. The molecule has 4 N–H and O–H groups in total. The van der Waals surface area contributed by atoms with Crippen molar-refractivity contribution >= 4 is 23.7 Å². The predicted octanol–water partition coefficient (Wildman–Crippen LogP) is 0.210. The van der Waals surface area contributed by atoms with Crippen molar-refractivity contribution in [3.05, 3.63) is 0 Å². The van der Waals surface area contributed by atoms with Crippen molar-refractivity contribution in [1.29, 1.82) is 0 Å². The largest absolute Gasteiger partial charge is 0.332 e. The quantitative estimate of drug-likeness (QED) is 0.436. The number of fused-ring (bicyclic) bond motifs is 1. The van der Waals surface area contributed by atoms with E-state index in [1.54, 1.807) is 7.05 Å². The minimum Gasteiger partial charge on any atom is -0.332 e. The minimum absolute atomic E-state index is 0.00491. The molecule has 2 unspecified atom stereocenters. The van der Waals surface area contributed by atoms with E-state index in [2.05, 4.69) is 28.4 Å². The van der Waals surface area contributed by atoms with Crippen LogP contribution in [0.25, 0.3) is 0 Å². The Labute approximate surface area is 112 Å². The summed E-state index contributed by atoms with van der Waals surface area (Å²) in [7, 11) is 1.68. The third-order valence-electron chi connectivity index (χ3n) is 2.74. The maximum absolute atomic E-state index is 10.6. The molecule has 104 valence electrons. The molecule has 0 saturated carbocycles. The van der Waals surface area contributed by atoms with Crippen LogP contribution in [0.3, 0.4) is 0 Å². The molecule has 2 rings (SSSR count). The Bertz CT molecular complexity index is 272. The number of unbranched alkanes of at least 4 members (excludes halogenated alkanes) is 1. The third kappa shape index (κ3) is 5.14. The number of urea groups is 1. The van der Waals surface area contributed by atoms with E-state index in [9.17, 15) is 9.59 Å². The number of carbonyl (C=O) groups excluding carboxylic acids is 2. The molecular weight excluding hydrogens is 252 g/mol. The predicted molar refractivity (Wildman–Crippen MR) is 73.3 cm³/mol. The Balaban J connectivity index is 0.000000180. The summed E-state index contributed by atoms with van der Waals surface area (Å²) >= 11 is 1.89. The van der Waals surface area contributed by atoms with E-state index in [4.69, 9.17) is 0 Å². The molecular formula is C11H22N4O2S. The fourth-order valence-electron chi connectivity index (χ4n) is 1.76. The Kier molecular flexibility index (Phi) is 6.89. The molecule has 2 aliphatic heterocycles. The summed E-state index contributed by atoms with van der Waals surface area (Å²) in [6.07, 6.45) is 2.65. The molecule has 0 aromatic heterocycles. The van der Waals surface area contributed by atoms with E-state index >= 15 is 0 Å². The van der Waals surface area contributed by atoms with Crippen molar-refractivity contribution in [2.45, 2.75) is 38.3 Å². The van der Waals surface area contributed by atoms with E-state index in [0.29, 0.717) is 18.5 Å². The van der Waals surface area contributed by atoms with Gasteiger partial charge in [0, 0.05) is 25.0 Å². The minimum atomic E-state index is 0.00491. The van der Waals surface area contributed by atoms with Gasteiger partial charge in [-0.25, -0.2) is 10.2 Å². The summed E-state index contributed by atoms with van der Waals surface area (Å²) < 4.78 is 0. The average molecular weight is 274 g/mol. The highest BCUT2D eigenvalue weighted by atomic mass is 32.2. The first-order chi connectivity index (χ1) is 8.67. The number of hydrazine groups is 1. The molecule has 2 atom stereocenters. The van der Waals surface area contributed by atoms with E-state index < -0.39 is 0 Å². The number of amides is 3. The van der Waals surface area contributed by atoms with Crippen LogP contribution in [-0.2, 0) is 4.79 Å². The second kappa shape index (κ2) is 8.20. The number of hydrogen-bond acceptors (Lipinski definition) is 4. The molecule has 2 heterocycles. The lowest BCUT2D eigenvalue weighted by Gasteiger charge is -2.02. The number of nitrogens with one attached hydrogen (secondary N) is 4. The highest BCUT2D eigenvalue weighted by Crippen LogP contribution is 2.20. The van der Waals surface area contributed by atoms with Gasteiger partial charge in [-0.3, -0.25) is 10.2 Å². The second-order valence-electron chi connectivity index (χ2n) is 4.27. The zero-order chi connectivity index (χ0) is 13.4. The maximum atomic E-state index is 10.6. The van der Waals surface area contributed by atoms with Crippen molar-refractivity contribution in [2.75, 3.05) is 18.6 Å². The van der Waals surface area contributed by atoms with Crippen molar-refractivity contribution < 1.29 is 9.59 Å². The zero-order valence-electron chi connectivity index (χ0n) is 10.9. The Morgan fingerprint density at radius 1 is 1.39 bits per heavy atom. The molecule has 0 aromatic carbocycles. The van der Waals surface area contributed by atoms with Gasteiger partial charge in [0.25, 0.3) is 0 Å². The van der Waals surface area contributed by atoms with Crippen LogP contribution < -0.4 is 21.5 Å². The lowest BCUT2D eigenvalue weighted by Crippen LogP contribution is -2.33. The van der Waals surface area contributed by atoms with Crippen LogP contribution in [0.15, 0.2) is 0 Å². The molecule has 0 aliphatic carbocycles. The van der Waals surface area contributed by atoms with Crippen LogP contribution >= 0.6 is 11.8 Å². The summed E-state index contributed by atoms with van der Waals surface area (Å²) in [5.41, 5.74) is 5.07. The first-order valence-electron chi connectivity index (χ1n) is 6.27. The number of carbonyl (C=O) groups is 2. The van der Waals surface area contributed by atoms with Crippen molar-refractivity contribution in [3.8, 4) is 0 Å². The summed E-state index contributed by atoms with van der Waals surface area (Å²) in [6, 6.07) is 0.815. The molecule has 0 bridgehead atoms. The van der Waals surface area contributed by atoms with Crippen LogP contribution in [0.1, 0.15) is 26.2 Å². The van der Waals surface area contributed by atoms with Crippen LogP contribution in [0, 0.1) is 0 Å². The van der Waals surface area contributed by atoms with Crippen molar-refractivity contribution in [1.82, 2.24) is 21.5 Å². The van der Waals surface area contributed by atoms with Crippen molar-refractivity contribution in [2.24, 2.45) is 0 Å². The zero-order valence-corrected chi connectivity index (χ0v) is 11.7. The fourth-order valence-corrected chi connectivity index (χ4v) is 3.03.